The summed E-state index contributed by atoms with van der Waals surface area (Å²) >= 11 is 3.19. The van der Waals surface area contributed by atoms with Gasteiger partial charge in [0.2, 0.25) is 34.8 Å². The minimum atomic E-state index is -4.73. The summed E-state index contributed by atoms with van der Waals surface area (Å²) in [5, 5.41) is 0. The normalized spacial score (nSPS) is 11.4. The maximum Gasteiger partial charge on any atom is 0.311 e. The fourth-order valence-corrected chi connectivity index (χ4v) is 6.32. The van der Waals surface area contributed by atoms with Crippen molar-refractivity contribution in [2.24, 2.45) is 0 Å². The number of hydrogen-bond donors (Lipinski definition) is 0. The van der Waals surface area contributed by atoms with E-state index in [0.29, 0.717) is 0 Å². The highest BCUT2D eigenvalue weighted by atomic mass is 127. The minimum Gasteiger partial charge on any atom is -0.744 e. The zero-order valence-electron chi connectivity index (χ0n) is 15.9. The predicted octanol–water partition coefficient (Wildman–Crippen LogP) is 4.57. The SMILES string of the molecule is O=C(CCCCC(=O)Oc1c(F)c(F)c(F)c(F)c1F)Oc1cc(I)c(S(=O)(=O)[O-])c(I)c1. The van der Waals surface area contributed by atoms with Crippen molar-refractivity contribution in [2.75, 3.05) is 0 Å². The van der Waals surface area contributed by atoms with Gasteiger partial charge < -0.3 is 14.0 Å². The molecule has 33 heavy (non-hydrogen) atoms. The number of carbonyl (C=O) groups is 2. The first-order chi connectivity index (χ1) is 15.2. The highest BCUT2D eigenvalue weighted by Gasteiger charge is 2.28. The molecule has 0 bridgehead atoms. The summed E-state index contributed by atoms with van der Waals surface area (Å²) in [4.78, 5) is 23.1. The predicted molar refractivity (Wildman–Crippen MR) is 116 cm³/mol. The van der Waals surface area contributed by atoms with Crippen molar-refractivity contribution in [1.29, 1.82) is 0 Å². The average Bonchev–Trinajstić information content (AvgIpc) is 2.70. The molecule has 0 saturated carbocycles. The van der Waals surface area contributed by atoms with Gasteiger partial charge in [0.1, 0.15) is 15.9 Å². The summed E-state index contributed by atoms with van der Waals surface area (Å²) in [6.45, 7) is 0. The molecular weight excluding hydrogens is 709 g/mol. The number of rotatable bonds is 8. The fraction of sp³-hybridized carbons (Fsp3) is 0.222. The summed E-state index contributed by atoms with van der Waals surface area (Å²) in [5.41, 5.74) is 0. The highest BCUT2D eigenvalue weighted by molar-refractivity contribution is 14.1. The standard InChI is InChI=1S/C18H11F5I2O7S/c19-12-13(20)15(22)17(16(23)14(12)21)32-11(27)4-2-1-3-10(26)31-7-5-8(24)18(9(25)6-7)33(28,29)30/h5-6H,1-4H2,(H,28,29,30)/p-1. The third kappa shape index (κ3) is 6.95. The van der Waals surface area contributed by atoms with E-state index in [1.165, 1.54) is 12.1 Å². The zero-order chi connectivity index (χ0) is 25.1. The van der Waals surface area contributed by atoms with Crippen LogP contribution in [-0.2, 0) is 19.7 Å². The number of esters is 2. The molecule has 0 heterocycles. The molecule has 15 heteroatoms. The van der Waals surface area contributed by atoms with Crippen LogP contribution in [0.2, 0.25) is 0 Å². The van der Waals surface area contributed by atoms with Gasteiger partial charge in [0.15, 0.2) is 0 Å². The van der Waals surface area contributed by atoms with Gasteiger partial charge >= 0.3 is 11.9 Å². The molecule has 0 amide bonds. The van der Waals surface area contributed by atoms with Gasteiger partial charge in [0, 0.05) is 20.0 Å². The third-order valence-corrected chi connectivity index (χ3v) is 7.22. The summed E-state index contributed by atoms with van der Waals surface area (Å²) in [7, 11) is -4.73. The van der Waals surface area contributed by atoms with E-state index in [1.54, 1.807) is 45.2 Å². The summed E-state index contributed by atoms with van der Waals surface area (Å²) in [6, 6.07) is 2.35. The topological polar surface area (TPSA) is 110 Å². The van der Waals surface area contributed by atoms with Gasteiger partial charge in [-0.15, -0.1) is 0 Å². The summed E-state index contributed by atoms with van der Waals surface area (Å²) in [5.74, 6) is -15.3. The Kier molecular flexibility index (Phi) is 9.40. The molecule has 7 nitrogen and oxygen atoms in total. The van der Waals surface area contributed by atoms with E-state index in [9.17, 15) is 44.5 Å². The van der Waals surface area contributed by atoms with Crippen molar-refractivity contribution in [3.63, 3.8) is 0 Å². The van der Waals surface area contributed by atoms with Crippen LogP contribution in [0.4, 0.5) is 22.0 Å². The summed E-state index contributed by atoms with van der Waals surface area (Å²) < 4.78 is 109. The van der Waals surface area contributed by atoms with Crippen molar-refractivity contribution < 1.29 is 54.0 Å². The lowest BCUT2D eigenvalue weighted by molar-refractivity contribution is -0.136. The number of halogens is 7. The van der Waals surface area contributed by atoms with Gasteiger partial charge in [-0.1, -0.05) is 0 Å². The Bertz CT molecular complexity index is 1170. The number of ether oxygens (including phenoxy) is 2. The quantitative estimate of drug-likeness (QED) is 0.0576. The van der Waals surface area contributed by atoms with Crippen LogP contribution < -0.4 is 9.47 Å². The fourth-order valence-electron chi connectivity index (χ4n) is 2.39. The monoisotopic (exact) mass is 719 g/mol. The number of hydrogen-bond acceptors (Lipinski definition) is 7. The molecule has 2 aromatic rings. The molecule has 0 aliphatic carbocycles. The molecule has 2 aromatic carbocycles. The maximum atomic E-state index is 13.5. The number of unbranched alkanes of at least 4 members (excludes halogenated alkanes) is 1. The van der Waals surface area contributed by atoms with E-state index < -0.39 is 68.2 Å². The van der Waals surface area contributed by atoms with Crippen LogP contribution in [0.5, 0.6) is 11.5 Å². The van der Waals surface area contributed by atoms with Crippen LogP contribution in [0.25, 0.3) is 0 Å². The van der Waals surface area contributed by atoms with E-state index >= 15 is 0 Å². The van der Waals surface area contributed by atoms with Crippen molar-refractivity contribution in [3.05, 3.63) is 48.4 Å². The number of carbonyl (C=O) groups excluding carboxylic acids is 2. The van der Waals surface area contributed by atoms with Crippen molar-refractivity contribution in [3.8, 4) is 11.5 Å². The van der Waals surface area contributed by atoms with Gasteiger partial charge in [0.05, 0.1) is 4.90 Å². The second-order valence-corrected chi connectivity index (χ2v) is 9.87. The van der Waals surface area contributed by atoms with Crippen LogP contribution in [0.15, 0.2) is 17.0 Å². The van der Waals surface area contributed by atoms with Crippen LogP contribution in [0.1, 0.15) is 25.7 Å². The molecule has 0 fully saturated rings. The first-order valence-corrected chi connectivity index (χ1v) is 12.2. The Morgan fingerprint density at radius 2 is 1.18 bits per heavy atom. The van der Waals surface area contributed by atoms with Gasteiger partial charge in [-0.3, -0.25) is 9.59 Å². The van der Waals surface area contributed by atoms with Crippen LogP contribution in [0.3, 0.4) is 0 Å². The van der Waals surface area contributed by atoms with Crippen LogP contribution >= 0.6 is 45.2 Å². The van der Waals surface area contributed by atoms with Crippen molar-refractivity contribution in [2.45, 2.75) is 30.6 Å². The van der Waals surface area contributed by atoms with E-state index in [0.717, 1.165) is 0 Å². The molecule has 0 aliphatic rings. The average molecular weight is 719 g/mol. The largest absolute Gasteiger partial charge is 0.744 e. The van der Waals surface area contributed by atoms with Gasteiger partial charge in [-0.05, 0) is 70.2 Å². The second kappa shape index (κ2) is 11.2. The molecule has 0 aliphatic heterocycles. The lowest BCUT2D eigenvalue weighted by atomic mass is 10.2. The molecule has 2 rings (SSSR count). The Labute approximate surface area is 210 Å². The van der Waals surface area contributed by atoms with E-state index in [-0.39, 0.29) is 32.2 Å². The van der Waals surface area contributed by atoms with Gasteiger partial charge in [0.25, 0.3) is 0 Å². The highest BCUT2D eigenvalue weighted by Crippen LogP contribution is 2.30. The van der Waals surface area contributed by atoms with Crippen LogP contribution in [-0.4, -0.2) is 24.9 Å². The molecule has 0 unspecified atom stereocenters. The molecule has 0 radical (unpaired) electrons. The second-order valence-electron chi connectivity index (χ2n) is 6.22. The molecule has 0 N–H and O–H groups in total. The molecule has 0 spiro atoms. The van der Waals surface area contributed by atoms with E-state index in [4.69, 9.17) is 4.74 Å². The Hall–Kier alpha value is -1.60. The van der Waals surface area contributed by atoms with Gasteiger partial charge in [-0.2, -0.15) is 8.78 Å². The smallest absolute Gasteiger partial charge is 0.311 e. The van der Waals surface area contributed by atoms with Crippen molar-refractivity contribution >= 4 is 67.2 Å². The Morgan fingerprint density at radius 3 is 1.61 bits per heavy atom. The minimum absolute atomic E-state index is 0.0214. The van der Waals surface area contributed by atoms with E-state index in [2.05, 4.69) is 4.74 Å². The lowest BCUT2D eigenvalue weighted by Gasteiger charge is -2.13. The zero-order valence-corrected chi connectivity index (χ0v) is 21.0. The van der Waals surface area contributed by atoms with Gasteiger partial charge in [-0.25, -0.2) is 21.6 Å². The Balaban J connectivity index is 1.89. The third-order valence-electron chi connectivity index (χ3n) is 3.85. The Morgan fingerprint density at radius 1 is 0.788 bits per heavy atom. The van der Waals surface area contributed by atoms with Crippen molar-refractivity contribution in [1.82, 2.24) is 0 Å². The molecule has 0 saturated heterocycles. The van der Waals surface area contributed by atoms with Crippen LogP contribution in [0, 0.1) is 36.2 Å². The molecule has 0 atom stereocenters. The number of benzene rings is 2. The first-order valence-electron chi connectivity index (χ1n) is 8.61. The molecule has 0 aromatic heterocycles. The first kappa shape index (κ1) is 27.6. The summed E-state index contributed by atoms with van der Waals surface area (Å²) in [6.07, 6.45) is -0.749. The van der Waals surface area contributed by atoms with E-state index in [1.807, 2.05) is 0 Å². The molecular formula is C18H10F5I2O7S-. The lowest BCUT2D eigenvalue weighted by Crippen LogP contribution is -2.14. The molecule has 180 valence electrons. The maximum absolute atomic E-state index is 13.5.